The quantitative estimate of drug-likeness (QED) is 0.800. The van der Waals surface area contributed by atoms with Gasteiger partial charge in [-0.25, -0.2) is 0 Å². The molecule has 2 rings (SSSR count). The van der Waals surface area contributed by atoms with Gasteiger partial charge in [0.25, 0.3) is 0 Å². The largest absolute Gasteiger partial charge is 0.358 e. The number of thioether (sulfide) groups is 1. The molecule has 0 saturated carbocycles. The molecule has 0 bridgehead atoms. The summed E-state index contributed by atoms with van der Waals surface area (Å²) in [6.07, 6.45) is 0. The van der Waals surface area contributed by atoms with E-state index in [9.17, 15) is 0 Å². The van der Waals surface area contributed by atoms with Crippen LogP contribution in [0.4, 0.5) is 0 Å². The lowest BCUT2D eigenvalue weighted by atomic mass is 10.1. The van der Waals surface area contributed by atoms with Gasteiger partial charge >= 0.3 is 0 Å². The number of benzene rings is 1. The van der Waals surface area contributed by atoms with Crippen LogP contribution in [0.2, 0.25) is 0 Å². The maximum Gasteiger partial charge on any atom is 0.0459 e. The van der Waals surface area contributed by atoms with Gasteiger partial charge in [-0.1, -0.05) is 19.1 Å². The molecular weight excluding hydrogens is 240 g/mol. The van der Waals surface area contributed by atoms with Crippen LogP contribution < -0.4 is 5.32 Å². The Morgan fingerprint density at radius 2 is 1.94 bits per heavy atom. The maximum absolute atomic E-state index is 3.45. The van der Waals surface area contributed by atoms with Gasteiger partial charge in [-0.2, -0.15) is 0 Å². The molecule has 2 N–H and O–H groups in total. The number of rotatable bonds is 5. The first-order valence-corrected chi connectivity index (χ1v) is 7.29. The summed E-state index contributed by atoms with van der Waals surface area (Å²) in [5, 5.41) is 3.19. The number of aromatic amines is 1. The minimum Gasteiger partial charge on any atom is -0.358 e. The first kappa shape index (κ1) is 13.2. The summed E-state index contributed by atoms with van der Waals surface area (Å²) in [6, 6.07) is 11.0. The Kier molecular flexibility index (Phi) is 4.50. The Balaban J connectivity index is 2.22. The maximum atomic E-state index is 3.45. The molecule has 0 aliphatic carbocycles. The SMILES string of the molecule is CCSc1ccc(-c2cc(CNC)c(C)[nH]2)cc1. The van der Waals surface area contributed by atoms with Gasteiger partial charge in [0.2, 0.25) is 0 Å². The normalized spacial score (nSPS) is 10.8. The van der Waals surface area contributed by atoms with Gasteiger partial charge in [0.1, 0.15) is 0 Å². The second kappa shape index (κ2) is 6.12. The van der Waals surface area contributed by atoms with E-state index in [1.54, 1.807) is 0 Å². The van der Waals surface area contributed by atoms with Crippen LogP contribution in [0.1, 0.15) is 18.2 Å². The molecule has 0 unspecified atom stereocenters. The summed E-state index contributed by atoms with van der Waals surface area (Å²) < 4.78 is 0. The minimum atomic E-state index is 0.909. The highest BCUT2D eigenvalue weighted by Crippen LogP contribution is 2.25. The fourth-order valence-electron chi connectivity index (χ4n) is 2.03. The number of H-pyrrole nitrogens is 1. The molecule has 1 heterocycles. The summed E-state index contributed by atoms with van der Waals surface area (Å²) in [7, 11) is 1.98. The first-order valence-electron chi connectivity index (χ1n) is 6.31. The molecule has 0 fully saturated rings. The lowest BCUT2D eigenvalue weighted by molar-refractivity contribution is 0.812. The van der Waals surface area contributed by atoms with Crippen LogP contribution in [0.5, 0.6) is 0 Å². The van der Waals surface area contributed by atoms with Crippen molar-refractivity contribution in [2.45, 2.75) is 25.3 Å². The Bertz CT molecular complexity index is 500. The van der Waals surface area contributed by atoms with Crippen LogP contribution >= 0.6 is 11.8 Å². The molecule has 1 aromatic carbocycles. The number of hydrogen-bond acceptors (Lipinski definition) is 2. The third-order valence-electron chi connectivity index (χ3n) is 2.97. The number of nitrogens with one attached hydrogen (secondary N) is 2. The van der Waals surface area contributed by atoms with Gasteiger partial charge in [-0.3, -0.25) is 0 Å². The molecule has 0 spiro atoms. The molecule has 3 heteroatoms. The second-order valence-corrected chi connectivity index (χ2v) is 5.66. The lowest BCUT2D eigenvalue weighted by Gasteiger charge is -2.01. The first-order chi connectivity index (χ1) is 8.74. The number of aromatic nitrogens is 1. The van der Waals surface area contributed by atoms with Gasteiger partial charge in [-0.15, -0.1) is 11.8 Å². The third kappa shape index (κ3) is 2.98. The van der Waals surface area contributed by atoms with E-state index in [2.05, 4.69) is 54.5 Å². The zero-order valence-electron chi connectivity index (χ0n) is 11.2. The molecule has 0 aliphatic rings. The van der Waals surface area contributed by atoms with E-state index in [4.69, 9.17) is 0 Å². The standard InChI is InChI=1S/C15H20N2S/c1-4-18-14-7-5-12(6-8-14)15-9-13(10-16-3)11(2)17-15/h5-9,16-17H,4,10H2,1-3H3. The summed E-state index contributed by atoms with van der Waals surface area (Å²) in [4.78, 5) is 4.78. The monoisotopic (exact) mass is 260 g/mol. The molecule has 18 heavy (non-hydrogen) atoms. The van der Waals surface area contributed by atoms with Gasteiger partial charge in [0.05, 0.1) is 0 Å². The van der Waals surface area contributed by atoms with E-state index in [1.807, 2.05) is 18.8 Å². The van der Waals surface area contributed by atoms with Crippen LogP contribution in [0, 0.1) is 6.92 Å². The van der Waals surface area contributed by atoms with E-state index in [0.29, 0.717) is 0 Å². The van der Waals surface area contributed by atoms with Crippen molar-refractivity contribution in [2.75, 3.05) is 12.8 Å². The van der Waals surface area contributed by atoms with Crippen molar-refractivity contribution >= 4 is 11.8 Å². The summed E-state index contributed by atoms with van der Waals surface area (Å²) in [5.41, 5.74) is 5.03. The molecule has 2 nitrogen and oxygen atoms in total. The molecule has 1 aromatic heterocycles. The zero-order chi connectivity index (χ0) is 13.0. The Morgan fingerprint density at radius 1 is 1.22 bits per heavy atom. The molecule has 0 radical (unpaired) electrons. The van der Waals surface area contributed by atoms with Gasteiger partial charge in [-0.05, 0) is 49.1 Å². The number of aryl methyl sites for hydroxylation is 1. The highest BCUT2D eigenvalue weighted by atomic mass is 32.2. The smallest absolute Gasteiger partial charge is 0.0459 e. The van der Waals surface area contributed by atoms with Crippen molar-refractivity contribution in [1.82, 2.24) is 10.3 Å². The van der Waals surface area contributed by atoms with E-state index >= 15 is 0 Å². The molecule has 0 saturated heterocycles. The topological polar surface area (TPSA) is 27.8 Å². The molecule has 96 valence electrons. The van der Waals surface area contributed by atoms with E-state index < -0.39 is 0 Å². The van der Waals surface area contributed by atoms with E-state index in [0.717, 1.165) is 12.3 Å². The van der Waals surface area contributed by atoms with Crippen molar-refractivity contribution in [3.8, 4) is 11.3 Å². The van der Waals surface area contributed by atoms with Crippen LogP contribution in [0.15, 0.2) is 35.2 Å². The van der Waals surface area contributed by atoms with Crippen molar-refractivity contribution in [3.63, 3.8) is 0 Å². The Hall–Kier alpha value is -1.19. The highest BCUT2D eigenvalue weighted by Gasteiger charge is 2.05. The fourth-order valence-corrected chi connectivity index (χ4v) is 2.69. The predicted molar refractivity (Wildman–Crippen MR) is 80.1 cm³/mol. The van der Waals surface area contributed by atoms with Crippen LogP contribution in [0.25, 0.3) is 11.3 Å². The average Bonchev–Trinajstić information content (AvgIpc) is 2.73. The molecule has 0 amide bonds. The molecule has 0 aliphatic heterocycles. The average molecular weight is 260 g/mol. The minimum absolute atomic E-state index is 0.909. The van der Waals surface area contributed by atoms with Gasteiger partial charge in [0, 0.05) is 22.8 Å². The van der Waals surface area contributed by atoms with Gasteiger partial charge < -0.3 is 10.3 Å². The van der Waals surface area contributed by atoms with Crippen LogP contribution in [0.3, 0.4) is 0 Å². The van der Waals surface area contributed by atoms with E-state index in [1.165, 1.54) is 27.4 Å². The third-order valence-corrected chi connectivity index (χ3v) is 3.86. The van der Waals surface area contributed by atoms with Crippen molar-refractivity contribution in [2.24, 2.45) is 0 Å². The molecular formula is C15H20N2S. The van der Waals surface area contributed by atoms with Crippen molar-refractivity contribution < 1.29 is 0 Å². The summed E-state index contributed by atoms with van der Waals surface area (Å²) in [5.74, 6) is 1.12. The number of hydrogen-bond donors (Lipinski definition) is 2. The summed E-state index contributed by atoms with van der Waals surface area (Å²) in [6.45, 7) is 5.21. The Labute approximate surface area is 113 Å². The van der Waals surface area contributed by atoms with Crippen molar-refractivity contribution in [3.05, 3.63) is 41.6 Å². The predicted octanol–water partition coefficient (Wildman–Crippen LogP) is 3.82. The molecule has 0 atom stereocenters. The molecule has 2 aromatic rings. The van der Waals surface area contributed by atoms with Crippen LogP contribution in [-0.4, -0.2) is 17.8 Å². The zero-order valence-corrected chi connectivity index (χ0v) is 12.0. The second-order valence-electron chi connectivity index (χ2n) is 4.32. The van der Waals surface area contributed by atoms with Gasteiger partial charge in [0.15, 0.2) is 0 Å². The fraction of sp³-hybridized carbons (Fsp3) is 0.333. The van der Waals surface area contributed by atoms with E-state index in [-0.39, 0.29) is 0 Å². The summed E-state index contributed by atoms with van der Waals surface area (Å²) >= 11 is 1.88. The van der Waals surface area contributed by atoms with Crippen molar-refractivity contribution in [1.29, 1.82) is 0 Å². The highest BCUT2D eigenvalue weighted by molar-refractivity contribution is 7.99. The van der Waals surface area contributed by atoms with Crippen LogP contribution in [-0.2, 0) is 6.54 Å². The lowest BCUT2D eigenvalue weighted by Crippen LogP contribution is -2.04. The Morgan fingerprint density at radius 3 is 2.56 bits per heavy atom.